The zero-order valence-electron chi connectivity index (χ0n) is 9.95. The van der Waals surface area contributed by atoms with Crippen LogP contribution >= 0.6 is 0 Å². The molecule has 1 rings (SSSR count). The van der Waals surface area contributed by atoms with Gasteiger partial charge in [-0.25, -0.2) is 4.39 Å². The number of nitrogens with zero attached hydrogens (tertiary/aromatic N) is 1. The molecular formula is C12H10F3NO3. The van der Waals surface area contributed by atoms with E-state index in [0.29, 0.717) is 0 Å². The number of hydrogen-bond donors (Lipinski definition) is 0. The molecule has 0 amide bonds. The van der Waals surface area contributed by atoms with Gasteiger partial charge in [-0.3, -0.25) is 4.79 Å². The van der Waals surface area contributed by atoms with Gasteiger partial charge in [-0.15, -0.1) is 0 Å². The molecule has 0 aliphatic carbocycles. The molecule has 0 fully saturated rings. The first-order valence-corrected chi connectivity index (χ1v) is 5.31. The van der Waals surface area contributed by atoms with E-state index in [1.165, 1.54) is 0 Å². The van der Waals surface area contributed by atoms with Gasteiger partial charge in [0.05, 0.1) is 24.7 Å². The van der Waals surface area contributed by atoms with E-state index < -0.39 is 30.6 Å². The molecule has 1 aromatic rings. The molecule has 0 saturated heterocycles. The van der Waals surface area contributed by atoms with Crippen LogP contribution < -0.4 is 4.74 Å². The summed E-state index contributed by atoms with van der Waals surface area (Å²) in [7, 11) is 0. The molecule has 4 nitrogen and oxygen atoms in total. The fraction of sp³-hybridized carbons (Fsp3) is 0.333. The summed E-state index contributed by atoms with van der Waals surface area (Å²) in [5.41, 5.74) is -0.453. The quantitative estimate of drug-likeness (QED) is 0.773. The Labute approximate surface area is 107 Å². The molecular weight excluding hydrogens is 263 g/mol. The summed E-state index contributed by atoms with van der Waals surface area (Å²) in [5.74, 6) is -2.63. The Kier molecular flexibility index (Phi) is 5.18. The van der Waals surface area contributed by atoms with Crippen LogP contribution in [0.1, 0.15) is 18.1 Å². The molecule has 0 aliphatic rings. The Morgan fingerprint density at radius 1 is 1.47 bits per heavy atom. The third-order valence-corrected chi connectivity index (χ3v) is 2.17. The van der Waals surface area contributed by atoms with Crippen molar-refractivity contribution in [2.75, 3.05) is 6.61 Å². The van der Waals surface area contributed by atoms with Crippen molar-refractivity contribution in [2.24, 2.45) is 0 Å². The van der Waals surface area contributed by atoms with Crippen LogP contribution in [0.3, 0.4) is 0 Å². The van der Waals surface area contributed by atoms with Crippen LogP contribution in [-0.4, -0.2) is 19.2 Å². The van der Waals surface area contributed by atoms with Crippen LogP contribution in [0.4, 0.5) is 13.2 Å². The van der Waals surface area contributed by atoms with Gasteiger partial charge in [0.15, 0.2) is 11.6 Å². The van der Waals surface area contributed by atoms with Crippen LogP contribution in [-0.2, 0) is 16.0 Å². The van der Waals surface area contributed by atoms with E-state index in [4.69, 9.17) is 5.26 Å². The summed E-state index contributed by atoms with van der Waals surface area (Å²) in [5, 5.41) is 8.80. The number of ether oxygens (including phenoxy) is 2. The Balaban J connectivity index is 3.11. The van der Waals surface area contributed by atoms with Crippen molar-refractivity contribution in [1.82, 2.24) is 0 Å². The van der Waals surface area contributed by atoms with Gasteiger partial charge in [0.1, 0.15) is 0 Å². The highest BCUT2D eigenvalue weighted by atomic mass is 19.3. The van der Waals surface area contributed by atoms with E-state index in [1.807, 2.05) is 0 Å². The molecule has 0 N–H and O–H groups in total. The zero-order chi connectivity index (χ0) is 14.4. The summed E-state index contributed by atoms with van der Waals surface area (Å²) in [6.45, 7) is -1.54. The van der Waals surface area contributed by atoms with Crippen molar-refractivity contribution in [2.45, 2.75) is 20.0 Å². The van der Waals surface area contributed by atoms with E-state index >= 15 is 0 Å². The maximum atomic E-state index is 13.9. The van der Waals surface area contributed by atoms with Crippen LogP contribution in [0.25, 0.3) is 0 Å². The molecule has 7 heteroatoms. The van der Waals surface area contributed by atoms with Gasteiger partial charge in [0, 0.05) is 5.56 Å². The number of nitriles is 1. The smallest absolute Gasteiger partial charge is 0.387 e. The summed E-state index contributed by atoms with van der Waals surface area (Å²) >= 11 is 0. The minimum atomic E-state index is -3.20. The largest absolute Gasteiger partial charge is 0.466 e. The van der Waals surface area contributed by atoms with Crippen LogP contribution in [0.2, 0.25) is 0 Å². The van der Waals surface area contributed by atoms with E-state index in [-0.39, 0.29) is 17.7 Å². The maximum absolute atomic E-state index is 13.9. The van der Waals surface area contributed by atoms with Crippen molar-refractivity contribution in [3.8, 4) is 11.8 Å². The first kappa shape index (κ1) is 14.8. The summed E-state index contributed by atoms with van der Waals surface area (Å²) in [4.78, 5) is 11.3. The number of hydrogen-bond acceptors (Lipinski definition) is 4. The number of esters is 1. The van der Waals surface area contributed by atoms with E-state index in [0.717, 1.165) is 12.1 Å². The molecule has 0 aliphatic heterocycles. The molecule has 0 radical (unpaired) electrons. The van der Waals surface area contributed by atoms with Gasteiger partial charge in [-0.2, -0.15) is 14.0 Å². The second kappa shape index (κ2) is 6.64. The van der Waals surface area contributed by atoms with Crippen molar-refractivity contribution in [3.63, 3.8) is 0 Å². The van der Waals surface area contributed by atoms with Crippen molar-refractivity contribution in [1.29, 1.82) is 5.26 Å². The lowest BCUT2D eigenvalue weighted by Gasteiger charge is -2.10. The predicted octanol–water partition coefficient (Wildman–Crippen LogP) is 2.40. The average Bonchev–Trinajstić information content (AvgIpc) is 2.34. The van der Waals surface area contributed by atoms with Gasteiger partial charge < -0.3 is 9.47 Å². The van der Waals surface area contributed by atoms with E-state index in [2.05, 4.69) is 9.47 Å². The summed E-state index contributed by atoms with van der Waals surface area (Å²) in [6.07, 6.45) is -0.525. The zero-order valence-corrected chi connectivity index (χ0v) is 9.95. The number of carbonyl (C=O) groups excluding carboxylic acids is 1. The molecule has 19 heavy (non-hydrogen) atoms. The lowest BCUT2D eigenvalue weighted by Crippen LogP contribution is -2.12. The Morgan fingerprint density at radius 2 is 2.16 bits per heavy atom. The van der Waals surface area contributed by atoms with E-state index in [9.17, 15) is 18.0 Å². The molecule has 0 heterocycles. The first-order valence-electron chi connectivity index (χ1n) is 5.31. The third kappa shape index (κ3) is 3.88. The molecule has 0 bridgehead atoms. The summed E-state index contributed by atoms with van der Waals surface area (Å²) in [6, 6.07) is 3.69. The van der Waals surface area contributed by atoms with Crippen molar-refractivity contribution in [3.05, 3.63) is 29.1 Å². The second-order valence-corrected chi connectivity index (χ2v) is 3.38. The van der Waals surface area contributed by atoms with E-state index in [1.54, 1.807) is 13.0 Å². The number of rotatable bonds is 5. The average molecular weight is 273 g/mol. The van der Waals surface area contributed by atoms with Gasteiger partial charge in [0.25, 0.3) is 0 Å². The number of halogens is 3. The monoisotopic (exact) mass is 273 g/mol. The molecule has 0 saturated carbocycles. The van der Waals surface area contributed by atoms with Gasteiger partial charge in [0.2, 0.25) is 0 Å². The highest BCUT2D eigenvalue weighted by Gasteiger charge is 2.19. The molecule has 0 atom stereocenters. The van der Waals surface area contributed by atoms with Crippen molar-refractivity contribution < 1.29 is 27.4 Å². The highest BCUT2D eigenvalue weighted by Crippen LogP contribution is 2.25. The standard InChI is InChI=1S/C12H10F3NO3/c1-2-18-10(17)5-8-7(6-16)3-4-9(11(8)13)19-12(14)15/h3-4,12H,2,5H2,1H3. The first-order chi connectivity index (χ1) is 8.99. The molecule has 0 unspecified atom stereocenters. The number of benzene rings is 1. The minimum absolute atomic E-state index is 0.0928. The minimum Gasteiger partial charge on any atom is -0.466 e. The normalized spacial score (nSPS) is 10.1. The third-order valence-electron chi connectivity index (χ3n) is 2.17. The fourth-order valence-electron chi connectivity index (χ4n) is 1.42. The molecule has 102 valence electrons. The van der Waals surface area contributed by atoms with Crippen LogP contribution in [0.15, 0.2) is 12.1 Å². The summed E-state index contributed by atoms with van der Waals surface area (Å²) < 4.78 is 46.5. The second-order valence-electron chi connectivity index (χ2n) is 3.38. The lowest BCUT2D eigenvalue weighted by atomic mass is 10.0. The molecule has 1 aromatic carbocycles. The van der Waals surface area contributed by atoms with Crippen molar-refractivity contribution >= 4 is 5.97 Å². The SMILES string of the molecule is CCOC(=O)Cc1c(C#N)ccc(OC(F)F)c1F. The van der Waals surface area contributed by atoms with Crippen LogP contribution in [0.5, 0.6) is 5.75 Å². The fourth-order valence-corrected chi connectivity index (χ4v) is 1.42. The van der Waals surface area contributed by atoms with Gasteiger partial charge >= 0.3 is 12.6 Å². The molecule has 0 aromatic heterocycles. The Morgan fingerprint density at radius 3 is 2.68 bits per heavy atom. The topological polar surface area (TPSA) is 59.3 Å². The van der Waals surface area contributed by atoms with Gasteiger partial charge in [-0.1, -0.05) is 0 Å². The Hall–Kier alpha value is -2.23. The number of alkyl halides is 2. The predicted molar refractivity (Wildman–Crippen MR) is 58.1 cm³/mol. The van der Waals surface area contributed by atoms with Gasteiger partial charge in [-0.05, 0) is 19.1 Å². The lowest BCUT2D eigenvalue weighted by molar-refractivity contribution is -0.142. The Bertz CT molecular complexity index is 512. The highest BCUT2D eigenvalue weighted by molar-refractivity contribution is 5.74. The van der Waals surface area contributed by atoms with Crippen LogP contribution in [0, 0.1) is 17.1 Å². The number of carbonyl (C=O) groups is 1. The maximum Gasteiger partial charge on any atom is 0.387 e. The molecule has 0 spiro atoms.